The lowest BCUT2D eigenvalue weighted by Crippen LogP contribution is -2.66. The Kier molecular flexibility index (Phi) is 10.1. The van der Waals surface area contributed by atoms with E-state index in [1.54, 1.807) is 0 Å². The fraction of sp³-hybridized carbons (Fsp3) is 0.902. The van der Waals surface area contributed by atoms with Gasteiger partial charge in [-0.15, -0.1) is 0 Å². The van der Waals surface area contributed by atoms with Gasteiger partial charge in [-0.3, -0.25) is 4.79 Å². The number of rotatable bonds is 7. The molecule has 0 aromatic heterocycles. The van der Waals surface area contributed by atoms with Crippen molar-refractivity contribution < 1.29 is 64.3 Å². The first-order chi connectivity index (χ1) is 25.1. The van der Waals surface area contributed by atoms with E-state index in [1.807, 2.05) is 0 Å². The highest BCUT2D eigenvalue weighted by Crippen LogP contribution is 2.76. The lowest BCUT2D eigenvalue weighted by molar-refractivity contribution is -0.342. The summed E-state index contributed by atoms with van der Waals surface area (Å²) in [6, 6.07) is 0. The molecule has 2 saturated heterocycles. The molecule has 2 heterocycles. The molecule has 13 nitrogen and oxygen atoms in total. The van der Waals surface area contributed by atoms with Crippen LogP contribution in [0.2, 0.25) is 0 Å². The number of aliphatic hydroxyl groups excluding tert-OH is 5. The van der Waals surface area contributed by atoms with E-state index in [-0.39, 0.29) is 33.5 Å². The number of carboxylic acid groups (broad SMARTS) is 2. The van der Waals surface area contributed by atoms with Crippen LogP contribution in [0.4, 0.5) is 0 Å². The summed E-state index contributed by atoms with van der Waals surface area (Å²) in [5.41, 5.74) is 0.157. The Morgan fingerprint density at radius 3 is 2.06 bits per heavy atom. The third-order valence-electron chi connectivity index (χ3n) is 16.9. The van der Waals surface area contributed by atoms with Gasteiger partial charge in [-0.05, 0) is 109 Å². The normalized spacial score (nSPS) is 52.2. The topological polar surface area (TPSA) is 213 Å². The van der Waals surface area contributed by atoms with E-state index in [0.29, 0.717) is 18.8 Å². The average Bonchev–Trinajstić information content (AvgIpc) is 3.36. The van der Waals surface area contributed by atoms with Gasteiger partial charge in [-0.1, -0.05) is 60.1 Å². The van der Waals surface area contributed by atoms with Gasteiger partial charge in [0.05, 0.1) is 18.1 Å². The van der Waals surface area contributed by atoms with Gasteiger partial charge in [0.25, 0.3) is 0 Å². The van der Waals surface area contributed by atoms with Crippen LogP contribution in [0.3, 0.4) is 0 Å². The SMILES string of the molecule is CC1(C)CCC2(C(=O)O)CC[C@]3(C)C(=CCC4C5(C)CCC(O[C@@H]6O[C@H](C(=O)O)[C@@H](O[C@@H]7O[C@H](CO)[C@@H](O)[C@@H]7O)[C@H](O)[C@H]6O)C(C)(C)C5CCC43C)C2C1. The molecule has 0 amide bonds. The summed E-state index contributed by atoms with van der Waals surface area (Å²) in [7, 11) is 0. The molecule has 0 spiro atoms. The average molecular weight is 765 g/mol. The van der Waals surface area contributed by atoms with Gasteiger partial charge in [0.2, 0.25) is 0 Å². The molecular formula is C41H64O13. The van der Waals surface area contributed by atoms with Gasteiger partial charge in [-0.25, -0.2) is 4.79 Å². The van der Waals surface area contributed by atoms with Crippen LogP contribution in [0, 0.1) is 50.2 Å². The van der Waals surface area contributed by atoms with E-state index < -0.39 is 90.8 Å². The molecule has 6 fully saturated rings. The molecule has 2 aliphatic heterocycles. The summed E-state index contributed by atoms with van der Waals surface area (Å²) >= 11 is 0. The minimum atomic E-state index is -1.80. The number of carboxylic acids is 2. The van der Waals surface area contributed by atoms with Crippen LogP contribution >= 0.6 is 0 Å². The van der Waals surface area contributed by atoms with Gasteiger partial charge < -0.3 is 54.7 Å². The maximum Gasteiger partial charge on any atom is 0.335 e. The van der Waals surface area contributed by atoms with Crippen molar-refractivity contribution in [2.24, 2.45) is 50.2 Å². The van der Waals surface area contributed by atoms with Gasteiger partial charge in [0.15, 0.2) is 18.7 Å². The molecule has 4 saturated carbocycles. The quantitative estimate of drug-likeness (QED) is 0.146. The lowest BCUT2D eigenvalue weighted by atomic mass is 9.33. The fourth-order valence-electron chi connectivity index (χ4n) is 13.4. The first-order valence-corrected chi connectivity index (χ1v) is 20.2. The minimum absolute atomic E-state index is 0.0291. The molecule has 7 aliphatic rings. The zero-order valence-electron chi connectivity index (χ0n) is 32.9. The maximum atomic E-state index is 13.0. The monoisotopic (exact) mass is 764 g/mol. The Morgan fingerprint density at radius 1 is 0.778 bits per heavy atom. The molecule has 13 heteroatoms. The van der Waals surface area contributed by atoms with Crippen LogP contribution in [0.1, 0.15) is 113 Å². The van der Waals surface area contributed by atoms with Crippen molar-refractivity contribution in [3.8, 4) is 0 Å². The van der Waals surface area contributed by atoms with Crippen molar-refractivity contribution >= 4 is 11.9 Å². The standard InChI is InChI=1S/C41H64O13/c1-36(2)14-16-41(35(49)50)17-15-39(6)20(21(41)18-36)8-9-24-38(5)12-11-25(37(3,4)23(38)10-13-40(24,39)7)52-34-29(46)27(44)30(31(54-34)32(47)48)53-33-28(45)26(43)22(19-42)51-33/h8,21-31,33-34,42-46H,9-19H2,1-7H3,(H,47,48)(H,49,50)/t21?,22-,23?,24?,25?,26-,27-,28+,29-,30+,31+,33+,34-,38?,39-,40?,41?/m1/s1. The third kappa shape index (κ3) is 5.80. The molecule has 5 aliphatic carbocycles. The molecule has 0 radical (unpaired) electrons. The Morgan fingerprint density at radius 2 is 1.43 bits per heavy atom. The lowest BCUT2D eigenvalue weighted by Gasteiger charge is -2.71. The number of hydrogen-bond acceptors (Lipinski definition) is 11. The van der Waals surface area contributed by atoms with E-state index in [9.17, 15) is 45.3 Å². The molecule has 0 aromatic rings. The van der Waals surface area contributed by atoms with Crippen LogP contribution in [-0.2, 0) is 28.5 Å². The highest BCUT2D eigenvalue weighted by Gasteiger charge is 2.69. The molecule has 0 aromatic carbocycles. The summed E-state index contributed by atoms with van der Waals surface area (Å²) in [6.45, 7) is 15.6. The Labute approximate surface area is 318 Å². The minimum Gasteiger partial charge on any atom is -0.481 e. The van der Waals surface area contributed by atoms with E-state index in [0.717, 1.165) is 51.4 Å². The van der Waals surface area contributed by atoms with E-state index in [2.05, 4.69) is 54.5 Å². The fourth-order valence-corrected chi connectivity index (χ4v) is 13.4. The van der Waals surface area contributed by atoms with Crippen LogP contribution in [0.5, 0.6) is 0 Å². The second-order valence-electron chi connectivity index (χ2n) is 20.2. The van der Waals surface area contributed by atoms with Crippen molar-refractivity contribution in [3.63, 3.8) is 0 Å². The largest absolute Gasteiger partial charge is 0.481 e. The number of hydrogen-bond donors (Lipinski definition) is 7. The molecule has 7 unspecified atom stereocenters. The van der Waals surface area contributed by atoms with Crippen molar-refractivity contribution in [2.75, 3.05) is 6.61 Å². The van der Waals surface area contributed by atoms with Crippen molar-refractivity contribution in [1.29, 1.82) is 0 Å². The smallest absolute Gasteiger partial charge is 0.335 e. The summed E-state index contributed by atoms with van der Waals surface area (Å²) in [5, 5.41) is 73.2. The predicted octanol–water partition coefficient (Wildman–Crippen LogP) is 3.61. The van der Waals surface area contributed by atoms with Gasteiger partial charge >= 0.3 is 11.9 Å². The summed E-state index contributed by atoms with van der Waals surface area (Å²) in [5.74, 6) is -1.50. The second kappa shape index (κ2) is 13.4. The van der Waals surface area contributed by atoms with Crippen LogP contribution in [0.25, 0.3) is 0 Å². The van der Waals surface area contributed by atoms with E-state index >= 15 is 0 Å². The van der Waals surface area contributed by atoms with E-state index in [1.165, 1.54) is 5.57 Å². The molecular weight excluding hydrogens is 700 g/mol. The molecule has 7 N–H and O–H groups in total. The Hall–Kier alpha value is -1.68. The molecule has 0 bridgehead atoms. The predicted molar refractivity (Wildman–Crippen MR) is 192 cm³/mol. The second-order valence-corrected chi connectivity index (χ2v) is 20.2. The Bertz CT molecular complexity index is 1510. The van der Waals surface area contributed by atoms with Crippen LogP contribution < -0.4 is 0 Å². The zero-order valence-corrected chi connectivity index (χ0v) is 32.9. The highest BCUT2D eigenvalue weighted by atomic mass is 16.7. The number of aliphatic hydroxyl groups is 5. The van der Waals surface area contributed by atoms with Gasteiger partial charge in [-0.2, -0.15) is 0 Å². The number of allylic oxidation sites excluding steroid dienone is 2. The molecule has 7 rings (SSSR count). The van der Waals surface area contributed by atoms with E-state index in [4.69, 9.17) is 18.9 Å². The third-order valence-corrected chi connectivity index (χ3v) is 16.9. The molecule has 54 heavy (non-hydrogen) atoms. The number of carbonyl (C=O) groups is 2. The first kappa shape index (κ1) is 40.5. The number of aliphatic carboxylic acids is 2. The number of ether oxygens (including phenoxy) is 4. The van der Waals surface area contributed by atoms with Crippen LogP contribution in [-0.4, -0.2) is 116 Å². The number of fused-ring (bicyclic) bond motifs is 7. The Balaban J connectivity index is 1.10. The van der Waals surface area contributed by atoms with Crippen LogP contribution in [0.15, 0.2) is 11.6 Å². The van der Waals surface area contributed by atoms with Crippen molar-refractivity contribution in [1.82, 2.24) is 0 Å². The molecule has 306 valence electrons. The zero-order chi connectivity index (χ0) is 39.6. The molecule has 17 atom stereocenters. The summed E-state index contributed by atoms with van der Waals surface area (Å²) in [4.78, 5) is 25.4. The van der Waals surface area contributed by atoms with Gasteiger partial charge in [0, 0.05) is 0 Å². The summed E-state index contributed by atoms with van der Waals surface area (Å²) < 4.78 is 23.3. The van der Waals surface area contributed by atoms with Gasteiger partial charge in [0.1, 0.15) is 36.6 Å². The first-order valence-electron chi connectivity index (χ1n) is 20.2. The highest BCUT2D eigenvalue weighted by molar-refractivity contribution is 5.76. The van der Waals surface area contributed by atoms with Crippen molar-refractivity contribution in [2.45, 2.75) is 174 Å². The van der Waals surface area contributed by atoms with Crippen molar-refractivity contribution in [3.05, 3.63) is 11.6 Å². The maximum absolute atomic E-state index is 13.0. The summed E-state index contributed by atoms with van der Waals surface area (Å²) in [6.07, 6.45) is -3.88.